The van der Waals surface area contributed by atoms with Gasteiger partial charge >= 0.3 is 15.6 Å². The average molecular weight is 675 g/mol. The van der Waals surface area contributed by atoms with Crippen LogP contribution in [0.1, 0.15) is 59.3 Å². The number of ether oxygens (including phenoxy) is 2. The van der Waals surface area contributed by atoms with Crippen molar-refractivity contribution in [2.24, 2.45) is 33.3 Å². The van der Waals surface area contributed by atoms with E-state index in [4.69, 9.17) is 19.7 Å². The van der Waals surface area contributed by atoms with E-state index in [2.05, 4.69) is 21.1 Å². The number of Topliss-reactive ketones (excluding diaryl/α,β-unsaturated/α-hetero) is 1. The zero-order chi connectivity index (χ0) is 32.8. The molecule has 6 N–H and O–H groups in total. The maximum Gasteiger partial charge on any atom is 0.481 e. The van der Waals surface area contributed by atoms with Crippen LogP contribution in [0.5, 0.6) is 0 Å². The molecule has 0 bridgehead atoms. The molecular formula is C29H44N2O12P2. The highest BCUT2D eigenvalue weighted by molar-refractivity contribution is 7.61. The number of phosphoric acid groups is 2. The first-order chi connectivity index (χ1) is 21.0. The van der Waals surface area contributed by atoms with E-state index in [0.29, 0.717) is 32.1 Å². The van der Waals surface area contributed by atoms with E-state index in [-0.39, 0.29) is 30.7 Å². The highest BCUT2D eigenvalue weighted by Crippen LogP contribution is 2.91. The number of fused-ring (bicyclic) bond motifs is 4. The van der Waals surface area contributed by atoms with Crippen LogP contribution >= 0.6 is 15.6 Å². The minimum absolute atomic E-state index is 0.0680. The fraction of sp³-hybridized carbons (Fsp3) is 0.793. The van der Waals surface area contributed by atoms with E-state index in [1.54, 1.807) is 12.2 Å². The van der Waals surface area contributed by atoms with Crippen LogP contribution < -0.4 is 11.1 Å². The van der Waals surface area contributed by atoms with Crippen molar-refractivity contribution in [3.8, 4) is 0 Å². The molecule has 1 saturated heterocycles. The third-order valence-electron chi connectivity index (χ3n) is 11.9. The van der Waals surface area contributed by atoms with Crippen LogP contribution in [0.15, 0.2) is 23.8 Å². The van der Waals surface area contributed by atoms with Gasteiger partial charge in [0.05, 0.1) is 18.8 Å². The Kier molecular flexibility index (Phi) is 8.22. The molecule has 45 heavy (non-hydrogen) atoms. The van der Waals surface area contributed by atoms with Gasteiger partial charge in [0.1, 0.15) is 6.61 Å². The van der Waals surface area contributed by atoms with Gasteiger partial charge in [-0.25, -0.2) is 9.13 Å². The molecule has 4 saturated carbocycles. The maximum atomic E-state index is 14.4. The zero-order valence-corrected chi connectivity index (χ0v) is 27.8. The van der Waals surface area contributed by atoms with Gasteiger partial charge in [-0.05, 0) is 51.3 Å². The lowest BCUT2D eigenvalue weighted by molar-refractivity contribution is -0.200. The molecule has 14 nitrogen and oxygen atoms in total. The van der Waals surface area contributed by atoms with Crippen LogP contribution in [0.3, 0.4) is 0 Å². The second-order valence-corrected chi connectivity index (χ2v) is 16.8. The predicted molar refractivity (Wildman–Crippen MR) is 158 cm³/mol. The number of carbonyl (C=O) groups excluding carboxylic acids is 2. The zero-order valence-electron chi connectivity index (χ0n) is 26.0. The molecule has 5 fully saturated rings. The summed E-state index contributed by atoms with van der Waals surface area (Å²) in [6.07, 6.45) is 5.96. The van der Waals surface area contributed by atoms with Crippen LogP contribution in [-0.2, 0) is 41.6 Å². The van der Waals surface area contributed by atoms with Crippen molar-refractivity contribution in [3.05, 3.63) is 23.8 Å². The van der Waals surface area contributed by atoms with Crippen molar-refractivity contribution in [3.63, 3.8) is 0 Å². The Labute approximate surface area is 262 Å². The number of ketones is 2. The number of aliphatic hydroxyl groups excluding tert-OH is 1. The second kappa shape index (κ2) is 10.9. The Morgan fingerprint density at radius 2 is 1.91 bits per heavy atom. The van der Waals surface area contributed by atoms with Crippen molar-refractivity contribution < 1.29 is 56.4 Å². The largest absolute Gasteiger partial charge is 0.481 e. The van der Waals surface area contributed by atoms with E-state index in [1.807, 2.05) is 27.0 Å². The molecule has 16 heteroatoms. The topological polar surface area (TPSA) is 213 Å². The Bertz CT molecular complexity index is 1440. The van der Waals surface area contributed by atoms with E-state index >= 15 is 0 Å². The van der Waals surface area contributed by atoms with Crippen LogP contribution in [-0.4, -0.2) is 83.4 Å². The van der Waals surface area contributed by atoms with Crippen molar-refractivity contribution in [2.45, 2.75) is 89.4 Å². The summed E-state index contributed by atoms with van der Waals surface area (Å²) in [5.74, 6) is -1.01. The van der Waals surface area contributed by atoms with Gasteiger partial charge in [0.25, 0.3) is 0 Å². The molecular weight excluding hydrogens is 630 g/mol. The number of hydrogen-bond donors (Lipinski definition) is 5. The van der Waals surface area contributed by atoms with Gasteiger partial charge in [0.15, 0.2) is 23.5 Å². The molecule has 4 unspecified atom stereocenters. The van der Waals surface area contributed by atoms with Crippen molar-refractivity contribution in [2.75, 3.05) is 26.8 Å². The van der Waals surface area contributed by atoms with Gasteiger partial charge in [-0.15, -0.1) is 0 Å². The molecule has 0 aromatic rings. The lowest BCUT2D eigenvalue weighted by Gasteiger charge is -2.59. The summed E-state index contributed by atoms with van der Waals surface area (Å²) in [6, 6.07) is -0.123. The molecule has 1 aliphatic heterocycles. The van der Waals surface area contributed by atoms with E-state index in [9.17, 15) is 33.6 Å². The van der Waals surface area contributed by atoms with Gasteiger partial charge in [-0.1, -0.05) is 38.8 Å². The Hall–Kier alpha value is -1.12. The average Bonchev–Trinajstić information content (AvgIpc) is 3.21. The van der Waals surface area contributed by atoms with Crippen molar-refractivity contribution in [1.82, 2.24) is 5.32 Å². The van der Waals surface area contributed by atoms with Crippen LogP contribution in [0, 0.1) is 27.6 Å². The number of phosphoric ester groups is 2. The fourth-order valence-electron chi connectivity index (χ4n) is 10.7. The number of rotatable bonds is 12. The predicted octanol–water partition coefficient (Wildman–Crippen LogP) is 2.28. The molecule has 252 valence electrons. The molecule has 5 aliphatic carbocycles. The van der Waals surface area contributed by atoms with Crippen LogP contribution in [0.25, 0.3) is 0 Å². The molecule has 0 aromatic carbocycles. The van der Waals surface area contributed by atoms with Gasteiger partial charge in [-0.2, -0.15) is 4.31 Å². The summed E-state index contributed by atoms with van der Waals surface area (Å²) in [7, 11) is -8.41. The molecule has 0 radical (unpaired) electrons. The Morgan fingerprint density at radius 1 is 1.20 bits per heavy atom. The standard InChI is InChI=1S/C29H44N2O12P2/c1-5-6-22-41-21-15-28-24(31-4)27(28)10-7-17-13-18(32)8-9-25(17,2)23(27)19(33)14-26(28,3)29(21,42-22)20(34)16-40-45(37,38)43-44(35,36)39-12-11-30/h8-9,13,19,21-24,31,33H,5-7,10-12,14-16,30H2,1-4H3,(H,35,36)(H,37,38)/t19-,21+,22?,23+,24+,25-,26-,27+,28?,29+/m0/s1. The second-order valence-electron chi connectivity index (χ2n) is 13.7. The third kappa shape index (κ3) is 4.45. The summed E-state index contributed by atoms with van der Waals surface area (Å²) in [5.41, 5.74) is 1.96. The summed E-state index contributed by atoms with van der Waals surface area (Å²) in [5, 5.41) is 15.7. The van der Waals surface area contributed by atoms with Crippen molar-refractivity contribution >= 4 is 27.2 Å². The van der Waals surface area contributed by atoms with Crippen LogP contribution in [0.4, 0.5) is 0 Å². The number of allylic oxidation sites excluding steroid dienone is 4. The molecule has 0 aromatic heterocycles. The monoisotopic (exact) mass is 674 g/mol. The minimum Gasteiger partial charge on any atom is -0.393 e. The number of hydrogen-bond acceptors (Lipinski definition) is 12. The molecule has 1 heterocycles. The summed E-state index contributed by atoms with van der Waals surface area (Å²) < 4.78 is 51.8. The van der Waals surface area contributed by atoms with E-state index in [1.165, 1.54) is 0 Å². The first-order valence-corrected chi connectivity index (χ1v) is 18.6. The van der Waals surface area contributed by atoms with E-state index < -0.39 is 80.4 Å². The first-order valence-electron chi connectivity index (χ1n) is 15.6. The van der Waals surface area contributed by atoms with Crippen LogP contribution in [0.2, 0.25) is 0 Å². The molecule has 12 atom stereocenters. The smallest absolute Gasteiger partial charge is 0.393 e. The molecule has 6 rings (SSSR count). The van der Waals surface area contributed by atoms with Gasteiger partial charge in [-0.3, -0.25) is 18.6 Å². The summed E-state index contributed by atoms with van der Waals surface area (Å²) in [4.78, 5) is 46.8. The van der Waals surface area contributed by atoms with Gasteiger partial charge in [0.2, 0.25) is 0 Å². The summed E-state index contributed by atoms with van der Waals surface area (Å²) >= 11 is 0. The molecule has 0 amide bonds. The minimum atomic E-state index is -5.27. The number of aliphatic hydroxyl groups is 1. The highest BCUT2D eigenvalue weighted by atomic mass is 31.3. The molecule has 6 aliphatic rings. The molecule has 2 spiro atoms. The third-order valence-corrected chi connectivity index (χ3v) is 14.5. The van der Waals surface area contributed by atoms with Gasteiger partial charge in [0, 0.05) is 40.2 Å². The van der Waals surface area contributed by atoms with E-state index in [0.717, 1.165) is 5.57 Å². The normalized spacial score (nSPS) is 47.0. The van der Waals surface area contributed by atoms with Gasteiger partial charge < -0.3 is 35.4 Å². The lowest BCUT2D eigenvalue weighted by atomic mass is 9.46. The maximum absolute atomic E-state index is 14.4. The number of carbonyl (C=O) groups is 2. The number of nitrogens with one attached hydrogen (secondary N) is 1. The lowest BCUT2D eigenvalue weighted by Crippen LogP contribution is -2.63. The Morgan fingerprint density at radius 3 is 2.58 bits per heavy atom. The SMILES string of the molecule is CCCC1O[C@@H]2CC34[C@H](NC)[C@]35CCC3=CC(=O)C=C[C@]3(C)[C@H]5[C@@H](O)C[C@]4(C)[C@]2(C(=O)COP(=O)(O)OP(=O)(O)OCCN)O1. The Balaban J connectivity index is 1.37. The summed E-state index contributed by atoms with van der Waals surface area (Å²) in [6.45, 7) is 4.42. The number of nitrogens with two attached hydrogens (primary N) is 1. The highest BCUT2D eigenvalue weighted by Gasteiger charge is 2.95. The first kappa shape index (κ1) is 33.8. The quantitative estimate of drug-likeness (QED) is 0.188. The fourth-order valence-corrected chi connectivity index (χ4v) is 12.8. The van der Waals surface area contributed by atoms with Crippen molar-refractivity contribution in [1.29, 1.82) is 0 Å².